The van der Waals surface area contributed by atoms with Crippen LogP contribution in [-0.2, 0) is 11.3 Å². The van der Waals surface area contributed by atoms with E-state index in [0.717, 1.165) is 23.8 Å². The second-order valence-corrected chi connectivity index (χ2v) is 7.71. The lowest BCUT2D eigenvalue weighted by molar-refractivity contribution is 0.145. The quantitative estimate of drug-likeness (QED) is 0.406. The Morgan fingerprint density at radius 1 is 1.25 bits per heavy atom. The van der Waals surface area contributed by atoms with Gasteiger partial charge in [0.05, 0.1) is 6.61 Å². The standard InChI is InChI=1S/C18H31N3O2S/c1-14-7-8-15(16(11-14)23-10-9-22-5)12-20-17(19-4)21-13-18(2,3)24-6/h7-8,11H,9-10,12-13H2,1-6H3,(H2,19,20,21). The van der Waals surface area contributed by atoms with Gasteiger partial charge in [-0.2, -0.15) is 11.8 Å². The molecule has 2 N–H and O–H groups in total. The van der Waals surface area contributed by atoms with E-state index in [0.29, 0.717) is 19.8 Å². The molecule has 0 amide bonds. The number of guanidine groups is 1. The Hall–Kier alpha value is -1.40. The first kappa shape index (κ1) is 20.6. The van der Waals surface area contributed by atoms with Crippen molar-refractivity contribution in [3.8, 4) is 5.75 Å². The molecule has 0 heterocycles. The predicted molar refractivity (Wildman–Crippen MR) is 104 cm³/mol. The smallest absolute Gasteiger partial charge is 0.191 e. The Balaban J connectivity index is 2.64. The van der Waals surface area contributed by atoms with Crippen molar-refractivity contribution in [3.05, 3.63) is 29.3 Å². The third-order valence-corrected chi connectivity index (χ3v) is 4.92. The first-order valence-corrected chi connectivity index (χ1v) is 9.35. The van der Waals surface area contributed by atoms with Gasteiger partial charge in [-0.25, -0.2) is 0 Å². The molecule has 0 fully saturated rings. The molecule has 0 aliphatic heterocycles. The fourth-order valence-electron chi connectivity index (χ4n) is 1.95. The number of aliphatic imine (C=N–C) groups is 1. The number of hydrogen-bond donors (Lipinski definition) is 2. The molecular weight excluding hydrogens is 322 g/mol. The monoisotopic (exact) mass is 353 g/mol. The van der Waals surface area contributed by atoms with E-state index in [1.165, 1.54) is 5.56 Å². The molecule has 0 radical (unpaired) electrons. The number of methoxy groups -OCH3 is 1. The van der Waals surface area contributed by atoms with E-state index in [4.69, 9.17) is 9.47 Å². The van der Waals surface area contributed by atoms with E-state index in [2.05, 4.69) is 60.9 Å². The highest BCUT2D eigenvalue weighted by Gasteiger charge is 2.16. The van der Waals surface area contributed by atoms with Gasteiger partial charge in [-0.1, -0.05) is 12.1 Å². The molecule has 1 rings (SSSR count). The number of ether oxygens (including phenoxy) is 2. The second kappa shape index (κ2) is 10.5. The van der Waals surface area contributed by atoms with Crippen LogP contribution in [0.15, 0.2) is 23.2 Å². The van der Waals surface area contributed by atoms with Gasteiger partial charge in [-0.05, 0) is 38.7 Å². The van der Waals surface area contributed by atoms with Gasteiger partial charge in [0, 0.05) is 37.6 Å². The first-order valence-electron chi connectivity index (χ1n) is 8.13. The van der Waals surface area contributed by atoms with Crippen LogP contribution in [0, 0.1) is 6.92 Å². The van der Waals surface area contributed by atoms with E-state index in [-0.39, 0.29) is 4.75 Å². The van der Waals surface area contributed by atoms with Gasteiger partial charge in [0.25, 0.3) is 0 Å². The molecule has 0 aromatic heterocycles. The summed E-state index contributed by atoms with van der Waals surface area (Å²) < 4.78 is 11.0. The molecule has 1 aromatic rings. The minimum Gasteiger partial charge on any atom is -0.491 e. The zero-order valence-corrected chi connectivity index (χ0v) is 16.5. The molecule has 0 saturated heterocycles. The average Bonchev–Trinajstić information content (AvgIpc) is 2.56. The molecule has 5 nitrogen and oxygen atoms in total. The second-order valence-electron chi connectivity index (χ2n) is 6.20. The molecule has 0 aliphatic rings. The number of nitrogens with zero attached hydrogens (tertiary/aromatic N) is 1. The van der Waals surface area contributed by atoms with Crippen molar-refractivity contribution >= 4 is 17.7 Å². The van der Waals surface area contributed by atoms with Gasteiger partial charge in [0.2, 0.25) is 0 Å². The maximum absolute atomic E-state index is 5.83. The number of hydrogen-bond acceptors (Lipinski definition) is 4. The molecule has 6 heteroatoms. The maximum atomic E-state index is 5.83. The zero-order valence-electron chi connectivity index (χ0n) is 15.7. The van der Waals surface area contributed by atoms with Crippen LogP contribution in [0.1, 0.15) is 25.0 Å². The van der Waals surface area contributed by atoms with Gasteiger partial charge in [-0.3, -0.25) is 4.99 Å². The largest absolute Gasteiger partial charge is 0.491 e. The summed E-state index contributed by atoms with van der Waals surface area (Å²) in [5.41, 5.74) is 2.28. The van der Waals surface area contributed by atoms with Crippen molar-refractivity contribution in [2.24, 2.45) is 4.99 Å². The minimum absolute atomic E-state index is 0.163. The highest BCUT2D eigenvalue weighted by Crippen LogP contribution is 2.21. The summed E-state index contributed by atoms with van der Waals surface area (Å²) >= 11 is 1.83. The lowest BCUT2D eigenvalue weighted by Gasteiger charge is -2.24. The van der Waals surface area contributed by atoms with E-state index < -0.39 is 0 Å². The maximum Gasteiger partial charge on any atom is 0.191 e. The lowest BCUT2D eigenvalue weighted by Crippen LogP contribution is -2.43. The van der Waals surface area contributed by atoms with Crippen molar-refractivity contribution in [2.45, 2.75) is 32.1 Å². The highest BCUT2D eigenvalue weighted by molar-refractivity contribution is 7.99. The summed E-state index contributed by atoms with van der Waals surface area (Å²) in [4.78, 5) is 4.29. The summed E-state index contributed by atoms with van der Waals surface area (Å²) in [5.74, 6) is 1.68. The van der Waals surface area contributed by atoms with Crippen LogP contribution < -0.4 is 15.4 Å². The Morgan fingerprint density at radius 3 is 2.62 bits per heavy atom. The molecule has 0 bridgehead atoms. The molecule has 0 unspecified atom stereocenters. The molecule has 0 spiro atoms. The summed E-state index contributed by atoms with van der Waals surface area (Å²) in [7, 11) is 3.46. The number of thioether (sulfide) groups is 1. The molecule has 0 saturated carbocycles. The molecule has 136 valence electrons. The van der Waals surface area contributed by atoms with Gasteiger partial charge in [0.1, 0.15) is 12.4 Å². The van der Waals surface area contributed by atoms with Crippen molar-refractivity contribution in [3.63, 3.8) is 0 Å². The van der Waals surface area contributed by atoms with Crippen LogP contribution in [0.25, 0.3) is 0 Å². The molecule has 1 aromatic carbocycles. The third kappa shape index (κ3) is 7.45. The summed E-state index contributed by atoms with van der Waals surface area (Å²) in [6.07, 6.45) is 2.12. The Labute approximate surface area is 150 Å². The first-order chi connectivity index (χ1) is 11.4. The summed E-state index contributed by atoms with van der Waals surface area (Å²) in [6.45, 7) is 9.10. The number of rotatable bonds is 9. The fourth-order valence-corrected chi connectivity index (χ4v) is 2.16. The normalized spacial score (nSPS) is 12.2. The van der Waals surface area contributed by atoms with Crippen LogP contribution in [-0.4, -0.2) is 50.9 Å². The van der Waals surface area contributed by atoms with E-state index in [1.807, 2.05) is 11.8 Å². The van der Waals surface area contributed by atoms with Gasteiger partial charge >= 0.3 is 0 Å². The zero-order chi connectivity index (χ0) is 18.0. The fraction of sp³-hybridized carbons (Fsp3) is 0.611. The van der Waals surface area contributed by atoms with Gasteiger partial charge < -0.3 is 20.1 Å². The van der Waals surface area contributed by atoms with Crippen LogP contribution in [0.3, 0.4) is 0 Å². The summed E-state index contributed by atoms with van der Waals surface area (Å²) in [6, 6.07) is 6.23. The van der Waals surface area contributed by atoms with E-state index >= 15 is 0 Å². The van der Waals surface area contributed by atoms with Gasteiger partial charge in [-0.15, -0.1) is 0 Å². The number of benzene rings is 1. The van der Waals surface area contributed by atoms with Crippen molar-refractivity contribution in [1.82, 2.24) is 10.6 Å². The van der Waals surface area contributed by atoms with Crippen molar-refractivity contribution in [1.29, 1.82) is 0 Å². The van der Waals surface area contributed by atoms with Crippen molar-refractivity contribution in [2.75, 3.05) is 40.2 Å². The van der Waals surface area contributed by atoms with Crippen LogP contribution in [0.2, 0.25) is 0 Å². The average molecular weight is 354 g/mol. The van der Waals surface area contributed by atoms with Gasteiger partial charge in [0.15, 0.2) is 5.96 Å². The predicted octanol–water partition coefficient (Wildman–Crippen LogP) is 2.83. The molecule has 0 atom stereocenters. The van der Waals surface area contributed by atoms with Crippen molar-refractivity contribution < 1.29 is 9.47 Å². The molecule has 0 aliphatic carbocycles. The highest BCUT2D eigenvalue weighted by atomic mass is 32.2. The van der Waals surface area contributed by atoms with Crippen LogP contribution >= 0.6 is 11.8 Å². The lowest BCUT2D eigenvalue weighted by atomic mass is 10.1. The SMILES string of the molecule is CN=C(NCc1ccc(C)cc1OCCOC)NCC(C)(C)SC. The summed E-state index contributed by atoms with van der Waals surface area (Å²) in [5, 5.41) is 6.72. The minimum atomic E-state index is 0.163. The Morgan fingerprint density at radius 2 is 2.00 bits per heavy atom. The number of aryl methyl sites for hydroxylation is 1. The third-order valence-electron chi connectivity index (χ3n) is 3.67. The van der Waals surface area contributed by atoms with E-state index in [1.54, 1.807) is 14.2 Å². The topological polar surface area (TPSA) is 54.9 Å². The van der Waals surface area contributed by atoms with E-state index in [9.17, 15) is 0 Å². The Bertz CT molecular complexity index is 533. The molecular formula is C18H31N3O2S. The molecule has 24 heavy (non-hydrogen) atoms. The number of nitrogens with one attached hydrogen (secondary N) is 2. The van der Waals surface area contributed by atoms with Crippen LogP contribution in [0.4, 0.5) is 0 Å². The Kier molecular flexibility index (Phi) is 9.00. The van der Waals surface area contributed by atoms with Crippen LogP contribution in [0.5, 0.6) is 5.75 Å².